The third kappa shape index (κ3) is 2.07. The first-order valence-corrected chi connectivity index (χ1v) is 10.0. The Labute approximate surface area is 146 Å². The molecule has 3 saturated carbocycles. The molecule has 0 spiro atoms. The Hall–Kier alpha value is -0.920. The summed E-state index contributed by atoms with van der Waals surface area (Å²) < 4.78 is 0. The minimum absolute atomic E-state index is 0.226. The number of allylic oxidation sites excluding steroid dienone is 1. The van der Waals surface area contributed by atoms with Gasteiger partial charge in [-0.2, -0.15) is 0 Å². The number of carbonyl (C=O) groups excluding carboxylic acids is 2. The molecule has 0 aromatic rings. The van der Waals surface area contributed by atoms with Gasteiger partial charge in [-0.05, 0) is 86.0 Å². The number of Topliss-reactive ketones (excluding diaryl/α,β-unsaturated/α-hetero) is 1. The summed E-state index contributed by atoms with van der Waals surface area (Å²) in [6.45, 7) is 9.07. The van der Waals surface area contributed by atoms with Gasteiger partial charge in [0.25, 0.3) is 0 Å². The third-order valence-electron chi connectivity index (χ3n) is 8.80. The summed E-state index contributed by atoms with van der Waals surface area (Å²) in [5, 5.41) is 0. The first-order valence-electron chi connectivity index (χ1n) is 10.0. The van der Waals surface area contributed by atoms with Crippen molar-refractivity contribution in [2.45, 2.75) is 72.6 Å². The van der Waals surface area contributed by atoms with Crippen LogP contribution in [-0.2, 0) is 9.59 Å². The van der Waals surface area contributed by atoms with Crippen molar-refractivity contribution < 1.29 is 9.59 Å². The Balaban J connectivity index is 1.72. The van der Waals surface area contributed by atoms with Crippen molar-refractivity contribution in [3.63, 3.8) is 0 Å². The van der Waals surface area contributed by atoms with Crippen molar-refractivity contribution in [2.75, 3.05) is 0 Å². The van der Waals surface area contributed by atoms with Gasteiger partial charge < -0.3 is 0 Å². The number of fused-ring (bicyclic) bond motifs is 5. The van der Waals surface area contributed by atoms with Gasteiger partial charge in [0, 0.05) is 12.3 Å². The molecule has 0 saturated heterocycles. The lowest BCUT2D eigenvalue weighted by atomic mass is 9.44. The van der Waals surface area contributed by atoms with E-state index >= 15 is 0 Å². The van der Waals surface area contributed by atoms with Crippen LogP contribution in [-0.4, -0.2) is 11.6 Å². The predicted molar refractivity (Wildman–Crippen MR) is 95.4 cm³/mol. The summed E-state index contributed by atoms with van der Waals surface area (Å²) >= 11 is 0. The lowest BCUT2D eigenvalue weighted by Gasteiger charge is -2.60. The van der Waals surface area contributed by atoms with Crippen LogP contribution in [0.25, 0.3) is 0 Å². The highest BCUT2D eigenvalue weighted by molar-refractivity contribution is 5.91. The molecule has 24 heavy (non-hydrogen) atoms. The predicted octanol–water partition coefficient (Wildman–Crippen LogP) is 4.97. The Morgan fingerprint density at radius 2 is 1.88 bits per heavy atom. The second kappa shape index (κ2) is 5.29. The number of hydrogen-bond acceptors (Lipinski definition) is 2. The molecular weight excluding hydrogens is 296 g/mol. The van der Waals surface area contributed by atoms with Crippen molar-refractivity contribution in [2.24, 2.45) is 40.4 Å². The second-order valence-electron chi connectivity index (χ2n) is 9.81. The molecule has 2 heteroatoms. The average Bonchev–Trinajstić information content (AvgIpc) is 2.86. The first kappa shape index (κ1) is 16.5. The standard InChI is InChI=1S/C22H32O2/c1-13-11-15-12-16(24)7-9-21(15,3)19-8-10-22(4)17(14(2)23)5-6-18(22)20(13)19/h12-13,17-20H,5-11H2,1-4H3/t13-,17-,18+,19+,20+,21+,22-/m1/s1. The zero-order chi connectivity index (χ0) is 17.3. The molecule has 4 aliphatic carbocycles. The second-order valence-corrected chi connectivity index (χ2v) is 9.81. The van der Waals surface area contributed by atoms with Crippen molar-refractivity contribution in [1.29, 1.82) is 0 Å². The van der Waals surface area contributed by atoms with Crippen molar-refractivity contribution in [3.8, 4) is 0 Å². The minimum atomic E-state index is 0.226. The molecule has 0 bridgehead atoms. The van der Waals surface area contributed by atoms with Gasteiger partial charge >= 0.3 is 0 Å². The van der Waals surface area contributed by atoms with Crippen LogP contribution in [0.1, 0.15) is 72.6 Å². The largest absolute Gasteiger partial charge is 0.300 e. The van der Waals surface area contributed by atoms with Crippen LogP contribution < -0.4 is 0 Å². The molecule has 0 aliphatic heterocycles. The quantitative estimate of drug-likeness (QED) is 0.681. The van der Waals surface area contributed by atoms with Gasteiger partial charge in [0.05, 0.1) is 0 Å². The Bertz CT molecular complexity index is 617. The molecule has 132 valence electrons. The molecule has 0 radical (unpaired) electrons. The Morgan fingerprint density at radius 3 is 2.58 bits per heavy atom. The van der Waals surface area contributed by atoms with E-state index in [1.807, 2.05) is 13.0 Å². The van der Waals surface area contributed by atoms with Crippen molar-refractivity contribution in [3.05, 3.63) is 11.6 Å². The third-order valence-corrected chi connectivity index (χ3v) is 8.80. The topological polar surface area (TPSA) is 34.1 Å². The van der Waals surface area contributed by atoms with E-state index in [1.54, 1.807) is 0 Å². The molecule has 4 rings (SSSR count). The van der Waals surface area contributed by atoms with Crippen LogP contribution in [0.4, 0.5) is 0 Å². The summed E-state index contributed by atoms with van der Waals surface area (Å²) in [4.78, 5) is 24.2. The molecule has 0 aromatic carbocycles. The highest BCUT2D eigenvalue weighted by atomic mass is 16.1. The number of rotatable bonds is 1. The molecule has 2 nitrogen and oxygen atoms in total. The summed E-state index contributed by atoms with van der Waals surface area (Å²) in [5.74, 6) is 3.84. The van der Waals surface area contributed by atoms with Gasteiger partial charge in [-0.15, -0.1) is 0 Å². The van der Waals surface area contributed by atoms with Crippen LogP contribution in [0.2, 0.25) is 0 Å². The molecule has 7 atom stereocenters. The van der Waals surface area contributed by atoms with Gasteiger partial charge in [-0.25, -0.2) is 0 Å². The fourth-order valence-electron chi connectivity index (χ4n) is 7.57. The lowest BCUT2D eigenvalue weighted by Crippen LogP contribution is -2.53. The maximum atomic E-state index is 12.2. The van der Waals surface area contributed by atoms with E-state index in [9.17, 15) is 9.59 Å². The van der Waals surface area contributed by atoms with E-state index in [0.29, 0.717) is 29.3 Å². The summed E-state index contributed by atoms with van der Waals surface area (Å²) in [6.07, 6.45) is 9.66. The fraction of sp³-hybridized carbons (Fsp3) is 0.818. The van der Waals surface area contributed by atoms with E-state index in [4.69, 9.17) is 0 Å². The first-order chi connectivity index (χ1) is 11.3. The van der Waals surface area contributed by atoms with Crippen LogP contribution in [0.5, 0.6) is 0 Å². The smallest absolute Gasteiger partial charge is 0.155 e. The van der Waals surface area contributed by atoms with E-state index in [2.05, 4.69) is 20.8 Å². The molecule has 0 N–H and O–H groups in total. The van der Waals surface area contributed by atoms with Gasteiger partial charge in [0.2, 0.25) is 0 Å². The summed E-state index contributed by atoms with van der Waals surface area (Å²) in [7, 11) is 0. The monoisotopic (exact) mass is 328 g/mol. The van der Waals surface area contributed by atoms with Crippen LogP contribution in [0, 0.1) is 40.4 Å². The molecule has 3 fully saturated rings. The molecule has 0 heterocycles. The zero-order valence-electron chi connectivity index (χ0n) is 15.7. The van der Waals surface area contributed by atoms with Gasteiger partial charge in [0.1, 0.15) is 5.78 Å². The Morgan fingerprint density at radius 1 is 1.12 bits per heavy atom. The van der Waals surface area contributed by atoms with Crippen LogP contribution in [0.3, 0.4) is 0 Å². The van der Waals surface area contributed by atoms with E-state index < -0.39 is 0 Å². The maximum absolute atomic E-state index is 12.2. The number of carbonyl (C=O) groups is 2. The number of hydrogen-bond donors (Lipinski definition) is 0. The van der Waals surface area contributed by atoms with Crippen LogP contribution in [0.15, 0.2) is 11.6 Å². The number of ketones is 2. The van der Waals surface area contributed by atoms with E-state index in [-0.39, 0.29) is 16.7 Å². The highest BCUT2D eigenvalue weighted by Crippen LogP contribution is 2.67. The maximum Gasteiger partial charge on any atom is 0.155 e. The molecular formula is C22H32O2. The van der Waals surface area contributed by atoms with Gasteiger partial charge in [-0.3, -0.25) is 9.59 Å². The Kier molecular flexibility index (Phi) is 3.64. The minimum Gasteiger partial charge on any atom is -0.300 e. The van der Waals surface area contributed by atoms with Crippen molar-refractivity contribution >= 4 is 11.6 Å². The molecule has 4 aliphatic rings. The average molecular weight is 328 g/mol. The molecule has 0 aromatic heterocycles. The van der Waals surface area contributed by atoms with Crippen LogP contribution >= 0.6 is 0 Å². The highest BCUT2D eigenvalue weighted by Gasteiger charge is 2.61. The summed E-state index contributed by atoms with van der Waals surface area (Å²) in [5.41, 5.74) is 1.90. The van der Waals surface area contributed by atoms with E-state index in [1.165, 1.54) is 24.8 Å². The van der Waals surface area contributed by atoms with Gasteiger partial charge in [0.15, 0.2) is 5.78 Å². The summed E-state index contributed by atoms with van der Waals surface area (Å²) in [6, 6.07) is 0. The fourth-order valence-corrected chi connectivity index (χ4v) is 7.57. The SMILES string of the molecule is CC(=O)[C@H]1CC[C@H]2[C@@H]3[C@H](C)CC4=CC(=O)CC[C@]4(C)[C@H]3CC[C@]12C. The van der Waals surface area contributed by atoms with Crippen molar-refractivity contribution in [1.82, 2.24) is 0 Å². The molecule has 0 amide bonds. The lowest BCUT2D eigenvalue weighted by molar-refractivity contribution is -0.130. The zero-order valence-corrected chi connectivity index (χ0v) is 15.7. The molecule has 0 unspecified atom stereocenters. The normalized spacial score (nSPS) is 50.6. The van der Waals surface area contributed by atoms with E-state index in [0.717, 1.165) is 31.6 Å². The van der Waals surface area contributed by atoms with Gasteiger partial charge in [-0.1, -0.05) is 26.3 Å².